The maximum Gasteiger partial charge on any atom is 0.145 e. The highest BCUT2D eigenvalue weighted by Gasteiger charge is 2.45. The molecule has 5 rings (SSSR count). The molecular formula is C21H30N2O2. The van der Waals surface area contributed by atoms with E-state index in [-0.39, 0.29) is 6.10 Å². The lowest BCUT2D eigenvalue weighted by Gasteiger charge is -2.41. The first-order chi connectivity index (χ1) is 12.3. The van der Waals surface area contributed by atoms with E-state index in [2.05, 4.69) is 34.5 Å². The summed E-state index contributed by atoms with van der Waals surface area (Å²) in [7, 11) is 0. The third kappa shape index (κ3) is 3.09. The first kappa shape index (κ1) is 16.1. The predicted octanol–water partition coefficient (Wildman–Crippen LogP) is 2.79. The molecule has 3 heterocycles. The zero-order valence-corrected chi connectivity index (χ0v) is 15.1. The molecule has 1 saturated carbocycles. The van der Waals surface area contributed by atoms with Gasteiger partial charge in [-0.25, -0.2) is 0 Å². The maximum atomic E-state index is 6.17. The number of nitrogens with one attached hydrogen (secondary N) is 1. The lowest BCUT2D eigenvalue weighted by Crippen LogP contribution is -2.52. The fraction of sp³-hybridized carbons (Fsp3) is 0.714. The summed E-state index contributed by atoms with van der Waals surface area (Å²) in [6.07, 6.45) is 7.06. The van der Waals surface area contributed by atoms with Crippen LogP contribution in [0.1, 0.15) is 43.6 Å². The van der Waals surface area contributed by atoms with E-state index in [9.17, 15) is 0 Å². The molecule has 1 aromatic rings. The number of rotatable bonds is 4. The van der Waals surface area contributed by atoms with Crippen molar-refractivity contribution < 1.29 is 9.47 Å². The van der Waals surface area contributed by atoms with Gasteiger partial charge in [0, 0.05) is 19.1 Å². The second-order valence-electron chi connectivity index (χ2n) is 8.63. The molecule has 1 aromatic carbocycles. The fourth-order valence-electron chi connectivity index (χ4n) is 5.25. The third-order valence-electron chi connectivity index (χ3n) is 6.98. The van der Waals surface area contributed by atoms with Crippen molar-refractivity contribution in [3.05, 3.63) is 29.8 Å². The normalized spacial score (nSPS) is 30.2. The van der Waals surface area contributed by atoms with Gasteiger partial charge < -0.3 is 19.7 Å². The third-order valence-corrected chi connectivity index (χ3v) is 6.98. The van der Waals surface area contributed by atoms with Gasteiger partial charge in [-0.3, -0.25) is 0 Å². The molecule has 0 bridgehead atoms. The minimum atomic E-state index is 0.256. The van der Waals surface area contributed by atoms with Crippen LogP contribution in [-0.4, -0.2) is 56.4 Å². The van der Waals surface area contributed by atoms with Crippen LogP contribution in [0, 0.1) is 5.41 Å². The number of likely N-dealkylation sites (tertiary alicyclic amines) is 1. The highest BCUT2D eigenvalue weighted by molar-refractivity contribution is 5.37. The number of piperidine rings is 1. The highest BCUT2D eigenvalue weighted by atomic mass is 16.6. The Hall–Kier alpha value is -1.10. The smallest absolute Gasteiger partial charge is 0.145 e. The zero-order chi connectivity index (χ0) is 16.7. The summed E-state index contributed by atoms with van der Waals surface area (Å²) in [5.41, 5.74) is 2.08. The van der Waals surface area contributed by atoms with Crippen molar-refractivity contribution >= 4 is 0 Å². The van der Waals surface area contributed by atoms with Crippen molar-refractivity contribution in [3.8, 4) is 5.75 Å². The quantitative estimate of drug-likeness (QED) is 0.912. The van der Waals surface area contributed by atoms with Crippen molar-refractivity contribution in [1.82, 2.24) is 10.2 Å². The van der Waals surface area contributed by atoms with Crippen LogP contribution in [0.15, 0.2) is 24.3 Å². The Morgan fingerprint density at radius 3 is 2.52 bits per heavy atom. The molecule has 1 aliphatic carbocycles. The minimum absolute atomic E-state index is 0.256. The number of benzene rings is 1. The van der Waals surface area contributed by atoms with Gasteiger partial charge in [0.2, 0.25) is 0 Å². The van der Waals surface area contributed by atoms with Crippen LogP contribution in [0.2, 0.25) is 0 Å². The van der Waals surface area contributed by atoms with Crippen molar-refractivity contribution in [2.75, 3.05) is 39.4 Å². The summed E-state index contributed by atoms with van der Waals surface area (Å²) in [5.74, 6) is 1.74. The van der Waals surface area contributed by atoms with Gasteiger partial charge in [-0.1, -0.05) is 18.2 Å². The largest absolute Gasteiger partial charge is 0.485 e. The number of hydrogen-bond donors (Lipinski definition) is 1. The van der Waals surface area contributed by atoms with E-state index in [1.165, 1.54) is 63.8 Å². The van der Waals surface area contributed by atoms with Crippen LogP contribution < -0.4 is 10.1 Å². The number of para-hydroxylation sites is 1. The van der Waals surface area contributed by atoms with Gasteiger partial charge >= 0.3 is 0 Å². The van der Waals surface area contributed by atoms with Gasteiger partial charge in [-0.15, -0.1) is 0 Å². The molecule has 1 atom stereocenters. The summed E-state index contributed by atoms with van der Waals surface area (Å²) in [5, 5.41) is 3.49. The van der Waals surface area contributed by atoms with E-state index in [1.807, 2.05) is 0 Å². The van der Waals surface area contributed by atoms with Crippen molar-refractivity contribution in [3.63, 3.8) is 0 Å². The molecule has 4 nitrogen and oxygen atoms in total. The molecule has 1 N–H and O–H groups in total. The Bertz CT molecular complexity index is 604. The number of nitrogens with zero attached hydrogens (tertiary/aromatic N) is 1. The molecule has 3 saturated heterocycles. The molecule has 0 aromatic heterocycles. The summed E-state index contributed by atoms with van der Waals surface area (Å²) in [6, 6.07) is 9.51. The molecule has 1 spiro atoms. The monoisotopic (exact) mass is 342 g/mol. The molecule has 4 fully saturated rings. The SMILES string of the molecule is c1ccc(C2CCN(C3CCC4(CNC4)C3)CC2)c(OC2COC2)c1. The van der Waals surface area contributed by atoms with Gasteiger partial charge in [0.1, 0.15) is 11.9 Å². The molecular weight excluding hydrogens is 312 g/mol. The lowest BCUT2D eigenvalue weighted by atomic mass is 9.80. The Balaban J connectivity index is 1.20. The maximum absolute atomic E-state index is 6.17. The first-order valence-electron chi connectivity index (χ1n) is 10.1. The summed E-state index contributed by atoms with van der Waals surface area (Å²) >= 11 is 0. The second-order valence-corrected chi connectivity index (χ2v) is 8.63. The van der Waals surface area contributed by atoms with Crippen molar-refractivity contribution in [2.24, 2.45) is 5.41 Å². The van der Waals surface area contributed by atoms with Crippen molar-refractivity contribution in [2.45, 2.75) is 50.2 Å². The molecule has 0 amide bonds. The van der Waals surface area contributed by atoms with Crippen LogP contribution in [0.25, 0.3) is 0 Å². The highest BCUT2D eigenvalue weighted by Crippen LogP contribution is 2.44. The molecule has 25 heavy (non-hydrogen) atoms. The average molecular weight is 342 g/mol. The van der Waals surface area contributed by atoms with Crippen LogP contribution in [0.5, 0.6) is 5.75 Å². The average Bonchev–Trinajstić information content (AvgIpc) is 3.05. The van der Waals surface area contributed by atoms with Gasteiger partial charge in [-0.05, 0) is 68.2 Å². The first-order valence-corrected chi connectivity index (χ1v) is 10.1. The number of ether oxygens (including phenoxy) is 2. The molecule has 4 aliphatic rings. The fourth-order valence-corrected chi connectivity index (χ4v) is 5.25. The lowest BCUT2D eigenvalue weighted by molar-refractivity contribution is -0.0801. The number of hydrogen-bond acceptors (Lipinski definition) is 4. The van der Waals surface area contributed by atoms with E-state index in [4.69, 9.17) is 9.47 Å². The Labute approximate surface area is 150 Å². The summed E-state index contributed by atoms with van der Waals surface area (Å²) in [4.78, 5) is 2.78. The molecule has 4 heteroatoms. The van der Waals surface area contributed by atoms with Crippen LogP contribution >= 0.6 is 0 Å². The van der Waals surface area contributed by atoms with Gasteiger partial charge in [0.25, 0.3) is 0 Å². The second kappa shape index (κ2) is 6.57. The molecule has 136 valence electrons. The van der Waals surface area contributed by atoms with E-state index in [0.29, 0.717) is 11.3 Å². The molecule has 1 unspecified atom stereocenters. The molecule has 3 aliphatic heterocycles. The standard InChI is InChI=1S/C21H30N2O2/c1-2-4-20(25-18-12-24-13-18)19(3-1)16-6-9-23(10-7-16)17-5-8-21(11-17)14-22-15-21/h1-4,16-18,22H,5-15H2. The Morgan fingerprint density at radius 1 is 1.08 bits per heavy atom. The molecule has 0 radical (unpaired) electrons. The van der Waals surface area contributed by atoms with Crippen LogP contribution in [0.4, 0.5) is 0 Å². The van der Waals surface area contributed by atoms with Crippen LogP contribution in [0.3, 0.4) is 0 Å². The van der Waals surface area contributed by atoms with E-state index >= 15 is 0 Å². The van der Waals surface area contributed by atoms with Gasteiger partial charge in [0.05, 0.1) is 13.2 Å². The Morgan fingerprint density at radius 2 is 1.88 bits per heavy atom. The van der Waals surface area contributed by atoms with Crippen LogP contribution in [-0.2, 0) is 4.74 Å². The van der Waals surface area contributed by atoms with Gasteiger partial charge in [0.15, 0.2) is 0 Å². The van der Waals surface area contributed by atoms with Crippen molar-refractivity contribution in [1.29, 1.82) is 0 Å². The van der Waals surface area contributed by atoms with E-state index < -0.39 is 0 Å². The van der Waals surface area contributed by atoms with E-state index in [0.717, 1.165) is 25.0 Å². The summed E-state index contributed by atoms with van der Waals surface area (Å²) in [6.45, 7) is 6.50. The zero-order valence-electron chi connectivity index (χ0n) is 15.1. The summed E-state index contributed by atoms with van der Waals surface area (Å²) < 4.78 is 11.4. The van der Waals surface area contributed by atoms with Gasteiger partial charge in [-0.2, -0.15) is 0 Å². The Kier molecular flexibility index (Phi) is 4.23. The minimum Gasteiger partial charge on any atom is -0.485 e. The predicted molar refractivity (Wildman–Crippen MR) is 98.2 cm³/mol. The van der Waals surface area contributed by atoms with E-state index in [1.54, 1.807) is 0 Å². The topological polar surface area (TPSA) is 33.7 Å².